The van der Waals surface area contributed by atoms with Crippen molar-refractivity contribution in [2.24, 2.45) is 0 Å². The highest BCUT2D eigenvalue weighted by atomic mass is 35.5. The number of furan rings is 1. The Labute approximate surface area is 136 Å². The van der Waals surface area contributed by atoms with Crippen LogP contribution in [0, 0.1) is 0 Å². The lowest BCUT2D eigenvalue weighted by molar-refractivity contribution is 0.0696. The zero-order valence-electron chi connectivity index (χ0n) is 11.9. The standard InChI is InChI=1S/C17H12ClNO4/c18-13-5-6-14-12(7-13)8-15(23-14)16(20)19-9-10-1-3-11(4-2-10)17(21)22/h1-8H,9H2,(H,19,20)(H,21,22). The second-order valence-electron chi connectivity index (χ2n) is 4.98. The van der Waals surface area contributed by atoms with Gasteiger partial charge >= 0.3 is 5.97 Å². The van der Waals surface area contributed by atoms with Crippen molar-refractivity contribution < 1.29 is 19.1 Å². The van der Waals surface area contributed by atoms with Gasteiger partial charge in [-0.2, -0.15) is 0 Å². The van der Waals surface area contributed by atoms with Gasteiger partial charge in [0.25, 0.3) is 5.91 Å². The van der Waals surface area contributed by atoms with Gasteiger partial charge in [-0.3, -0.25) is 4.79 Å². The molecule has 6 heteroatoms. The molecule has 3 rings (SSSR count). The lowest BCUT2D eigenvalue weighted by Crippen LogP contribution is -2.22. The Morgan fingerprint density at radius 1 is 1.09 bits per heavy atom. The van der Waals surface area contributed by atoms with E-state index in [-0.39, 0.29) is 23.8 Å². The van der Waals surface area contributed by atoms with Crippen LogP contribution in [-0.4, -0.2) is 17.0 Å². The Bertz CT molecular complexity index is 883. The molecule has 2 aromatic carbocycles. The molecular weight excluding hydrogens is 318 g/mol. The highest BCUT2D eigenvalue weighted by Crippen LogP contribution is 2.23. The summed E-state index contributed by atoms with van der Waals surface area (Å²) in [4.78, 5) is 22.9. The highest BCUT2D eigenvalue weighted by Gasteiger charge is 2.12. The van der Waals surface area contributed by atoms with Gasteiger partial charge in [0, 0.05) is 17.0 Å². The van der Waals surface area contributed by atoms with Crippen LogP contribution in [0.25, 0.3) is 11.0 Å². The van der Waals surface area contributed by atoms with Gasteiger partial charge in [0.1, 0.15) is 5.58 Å². The number of carboxylic acid groups (broad SMARTS) is 1. The molecule has 0 aliphatic heterocycles. The first-order valence-electron chi connectivity index (χ1n) is 6.82. The summed E-state index contributed by atoms with van der Waals surface area (Å²) in [5.41, 5.74) is 1.59. The van der Waals surface area contributed by atoms with E-state index in [2.05, 4.69) is 5.32 Å². The topological polar surface area (TPSA) is 79.5 Å². The molecule has 0 radical (unpaired) electrons. The molecule has 2 N–H and O–H groups in total. The van der Waals surface area contributed by atoms with E-state index in [4.69, 9.17) is 21.1 Å². The predicted octanol–water partition coefficient (Wildman–Crippen LogP) is 3.71. The zero-order chi connectivity index (χ0) is 16.4. The highest BCUT2D eigenvalue weighted by molar-refractivity contribution is 6.31. The fraction of sp³-hybridized carbons (Fsp3) is 0.0588. The van der Waals surface area contributed by atoms with Crippen LogP contribution in [-0.2, 0) is 6.54 Å². The van der Waals surface area contributed by atoms with Gasteiger partial charge in [0.2, 0.25) is 0 Å². The minimum Gasteiger partial charge on any atom is -0.478 e. The zero-order valence-corrected chi connectivity index (χ0v) is 12.6. The number of hydrogen-bond donors (Lipinski definition) is 2. The van der Waals surface area contributed by atoms with E-state index in [1.54, 1.807) is 36.4 Å². The number of amides is 1. The van der Waals surface area contributed by atoms with Crippen molar-refractivity contribution >= 4 is 34.4 Å². The maximum absolute atomic E-state index is 12.1. The van der Waals surface area contributed by atoms with Crippen molar-refractivity contribution in [3.63, 3.8) is 0 Å². The Hall–Kier alpha value is -2.79. The second kappa shape index (κ2) is 6.14. The maximum atomic E-state index is 12.1. The molecule has 3 aromatic rings. The number of benzene rings is 2. The van der Waals surface area contributed by atoms with Crippen molar-refractivity contribution in [2.45, 2.75) is 6.54 Å². The lowest BCUT2D eigenvalue weighted by Gasteiger charge is -2.03. The van der Waals surface area contributed by atoms with Gasteiger partial charge in [-0.1, -0.05) is 23.7 Å². The monoisotopic (exact) mass is 329 g/mol. The molecule has 1 amide bonds. The van der Waals surface area contributed by atoms with Gasteiger partial charge < -0.3 is 14.8 Å². The van der Waals surface area contributed by atoms with Crippen molar-refractivity contribution in [1.29, 1.82) is 0 Å². The first kappa shape index (κ1) is 15.1. The molecule has 0 saturated heterocycles. The van der Waals surface area contributed by atoms with E-state index in [1.165, 1.54) is 12.1 Å². The van der Waals surface area contributed by atoms with E-state index in [9.17, 15) is 9.59 Å². The summed E-state index contributed by atoms with van der Waals surface area (Å²) in [7, 11) is 0. The number of nitrogens with one attached hydrogen (secondary N) is 1. The first-order valence-corrected chi connectivity index (χ1v) is 7.20. The van der Waals surface area contributed by atoms with Crippen LogP contribution in [0.15, 0.2) is 52.9 Å². The second-order valence-corrected chi connectivity index (χ2v) is 5.41. The number of fused-ring (bicyclic) bond motifs is 1. The molecule has 0 unspecified atom stereocenters. The molecule has 0 aliphatic carbocycles. The predicted molar refractivity (Wildman–Crippen MR) is 85.8 cm³/mol. The third kappa shape index (κ3) is 3.35. The van der Waals surface area contributed by atoms with Crippen LogP contribution < -0.4 is 5.32 Å². The molecule has 0 spiro atoms. The summed E-state index contributed by atoms with van der Waals surface area (Å²) in [6.07, 6.45) is 0. The van der Waals surface area contributed by atoms with Crippen molar-refractivity contribution in [2.75, 3.05) is 0 Å². The van der Waals surface area contributed by atoms with Crippen LogP contribution >= 0.6 is 11.6 Å². The first-order chi connectivity index (χ1) is 11.0. The number of carboxylic acids is 1. The van der Waals surface area contributed by atoms with E-state index in [0.29, 0.717) is 10.6 Å². The normalized spacial score (nSPS) is 10.7. The Morgan fingerprint density at radius 3 is 2.52 bits per heavy atom. The summed E-state index contributed by atoms with van der Waals surface area (Å²) < 4.78 is 5.48. The average molecular weight is 330 g/mol. The molecular formula is C17H12ClNO4. The number of rotatable bonds is 4. The summed E-state index contributed by atoms with van der Waals surface area (Å²) in [6.45, 7) is 0.274. The van der Waals surface area contributed by atoms with E-state index in [0.717, 1.165) is 10.9 Å². The summed E-state index contributed by atoms with van der Waals surface area (Å²) in [6, 6.07) is 13.0. The molecule has 1 heterocycles. The molecule has 0 fully saturated rings. The number of aromatic carboxylic acids is 1. The molecule has 0 saturated carbocycles. The summed E-state index contributed by atoms with van der Waals surface area (Å²) in [5.74, 6) is -1.13. The van der Waals surface area contributed by atoms with E-state index < -0.39 is 5.97 Å². The molecule has 0 aliphatic rings. The average Bonchev–Trinajstić information content (AvgIpc) is 2.96. The maximum Gasteiger partial charge on any atom is 0.335 e. The fourth-order valence-corrected chi connectivity index (χ4v) is 2.34. The molecule has 0 atom stereocenters. The molecule has 1 aromatic heterocycles. The van der Waals surface area contributed by atoms with Crippen LogP contribution in [0.4, 0.5) is 0 Å². The SMILES string of the molecule is O=C(O)c1ccc(CNC(=O)c2cc3cc(Cl)ccc3o2)cc1. The lowest BCUT2D eigenvalue weighted by atomic mass is 10.1. The van der Waals surface area contributed by atoms with Crippen molar-refractivity contribution in [1.82, 2.24) is 5.32 Å². The van der Waals surface area contributed by atoms with Gasteiger partial charge in [0.15, 0.2) is 5.76 Å². The molecule has 23 heavy (non-hydrogen) atoms. The van der Waals surface area contributed by atoms with Crippen LogP contribution in [0.2, 0.25) is 5.02 Å². The molecule has 5 nitrogen and oxygen atoms in total. The van der Waals surface area contributed by atoms with Crippen LogP contribution in [0.5, 0.6) is 0 Å². The summed E-state index contributed by atoms with van der Waals surface area (Å²) >= 11 is 5.90. The molecule has 0 bridgehead atoms. The van der Waals surface area contributed by atoms with Crippen molar-refractivity contribution in [3.8, 4) is 0 Å². The van der Waals surface area contributed by atoms with E-state index in [1.807, 2.05) is 0 Å². The third-order valence-electron chi connectivity index (χ3n) is 3.36. The van der Waals surface area contributed by atoms with Gasteiger partial charge in [-0.25, -0.2) is 4.79 Å². The quantitative estimate of drug-likeness (QED) is 0.764. The van der Waals surface area contributed by atoms with Crippen molar-refractivity contribution in [3.05, 3.63) is 70.4 Å². The Morgan fingerprint density at radius 2 is 1.83 bits per heavy atom. The fourth-order valence-electron chi connectivity index (χ4n) is 2.16. The van der Waals surface area contributed by atoms with Gasteiger partial charge in [0.05, 0.1) is 5.56 Å². The van der Waals surface area contributed by atoms with E-state index >= 15 is 0 Å². The minimum absolute atomic E-state index is 0.199. The molecule has 116 valence electrons. The number of halogens is 1. The van der Waals surface area contributed by atoms with Crippen LogP contribution in [0.1, 0.15) is 26.5 Å². The minimum atomic E-state index is -0.985. The van der Waals surface area contributed by atoms with Gasteiger partial charge in [-0.15, -0.1) is 0 Å². The van der Waals surface area contributed by atoms with Crippen LogP contribution in [0.3, 0.4) is 0 Å². The van der Waals surface area contributed by atoms with Gasteiger partial charge in [-0.05, 0) is 42.0 Å². The smallest absolute Gasteiger partial charge is 0.335 e. The Balaban J connectivity index is 1.69. The number of hydrogen-bond acceptors (Lipinski definition) is 3. The number of carbonyl (C=O) groups excluding carboxylic acids is 1. The largest absolute Gasteiger partial charge is 0.478 e. The summed E-state index contributed by atoms with van der Waals surface area (Å²) in [5, 5.41) is 12.9. The Kier molecular flexibility index (Phi) is 4.04. The number of carbonyl (C=O) groups is 2. The third-order valence-corrected chi connectivity index (χ3v) is 3.59.